The predicted molar refractivity (Wildman–Crippen MR) is 82.9 cm³/mol. The lowest BCUT2D eigenvalue weighted by Gasteiger charge is -2.38. The van der Waals surface area contributed by atoms with E-state index in [0.29, 0.717) is 18.1 Å². The van der Waals surface area contributed by atoms with Crippen molar-refractivity contribution in [3.8, 4) is 0 Å². The molecular weight excluding hydrogens is 248 g/mol. The Hall–Kier alpha value is -0.120. The first kappa shape index (κ1) is 14.8. The number of ether oxygens (including phenoxy) is 1. The van der Waals surface area contributed by atoms with Gasteiger partial charge in [0.1, 0.15) is 0 Å². The lowest BCUT2D eigenvalue weighted by molar-refractivity contribution is -0.0253. The van der Waals surface area contributed by atoms with Crippen LogP contribution < -0.4 is 5.32 Å². The minimum Gasteiger partial charge on any atom is -0.378 e. The average molecular weight is 280 g/mol. The molecule has 0 amide bonds. The monoisotopic (exact) mass is 280 g/mol. The van der Waals surface area contributed by atoms with Crippen molar-refractivity contribution >= 4 is 0 Å². The van der Waals surface area contributed by atoms with Crippen LogP contribution in [0.5, 0.6) is 0 Å². The second kappa shape index (κ2) is 6.33. The highest BCUT2D eigenvalue weighted by Gasteiger charge is 2.38. The van der Waals surface area contributed by atoms with Crippen LogP contribution in [0.4, 0.5) is 0 Å². The van der Waals surface area contributed by atoms with E-state index in [4.69, 9.17) is 4.74 Å². The van der Waals surface area contributed by atoms with Crippen LogP contribution in [0, 0.1) is 11.8 Å². The zero-order valence-electron chi connectivity index (χ0n) is 13.5. The molecule has 3 saturated heterocycles. The first-order valence-corrected chi connectivity index (χ1v) is 8.70. The van der Waals surface area contributed by atoms with Gasteiger partial charge in [-0.05, 0) is 64.0 Å². The third-order valence-corrected chi connectivity index (χ3v) is 5.95. The van der Waals surface area contributed by atoms with Crippen molar-refractivity contribution in [2.24, 2.45) is 11.8 Å². The smallest absolute Gasteiger partial charge is 0.0612 e. The van der Waals surface area contributed by atoms with E-state index >= 15 is 0 Å². The molecule has 116 valence electrons. The third-order valence-electron chi connectivity index (χ3n) is 5.95. The van der Waals surface area contributed by atoms with E-state index in [-0.39, 0.29) is 0 Å². The highest BCUT2D eigenvalue weighted by Crippen LogP contribution is 2.37. The van der Waals surface area contributed by atoms with E-state index in [0.717, 1.165) is 24.6 Å². The van der Waals surface area contributed by atoms with Crippen LogP contribution >= 0.6 is 0 Å². The van der Waals surface area contributed by atoms with Gasteiger partial charge < -0.3 is 15.0 Å². The molecule has 1 N–H and O–H groups in total. The Labute approximate surface area is 124 Å². The molecule has 3 heterocycles. The maximum absolute atomic E-state index is 5.87. The van der Waals surface area contributed by atoms with Crippen molar-refractivity contribution in [3.63, 3.8) is 0 Å². The van der Waals surface area contributed by atoms with Crippen LogP contribution in [0.15, 0.2) is 0 Å². The van der Waals surface area contributed by atoms with E-state index in [2.05, 4.69) is 31.1 Å². The number of nitrogens with one attached hydrogen (secondary N) is 1. The minimum atomic E-state index is 0.468. The van der Waals surface area contributed by atoms with Crippen molar-refractivity contribution in [2.45, 2.75) is 76.6 Å². The molecule has 3 fully saturated rings. The fraction of sp³-hybridized carbons (Fsp3) is 1.00. The van der Waals surface area contributed by atoms with Crippen LogP contribution in [-0.4, -0.2) is 49.3 Å². The van der Waals surface area contributed by atoms with Crippen molar-refractivity contribution in [2.75, 3.05) is 20.2 Å². The molecule has 0 aromatic rings. The molecular formula is C17H32N2O. The molecule has 3 heteroatoms. The molecule has 3 aliphatic heterocycles. The van der Waals surface area contributed by atoms with Crippen LogP contribution in [0.3, 0.4) is 0 Å². The Morgan fingerprint density at radius 1 is 1.10 bits per heavy atom. The number of piperidine rings is 1. The van der Waals surface area contributed by atoms with E-state index in [9.17, 15) is 0 Å². The molecule has 3 rings (SSSR count). The topological polar surface area (TPSA) is 24.5 Å². The van der Waals surface area contributed by atoms with Gasteiger partial charge in [0, 0.05) is 24.7 Å². The summed E-state index contributed by atoms with van der Waals surface area (Å²) in [6, 6.07) is 2.44. The Bertz CT molecular complexity index is 306. The number of hydrogen-bond acceptors (Lipinski definition) is 3. The summed E-state index contributed by atoms with van der Waals surface area (Å²) in [5.41, 5.74) is 0. The predicted octanol–water partition coefficient (Wildman–Crippen LogP) is 2.65. The van der Waals surface area contributed by atoms with Gasteiger partial charge in [0.2, 0.25) is 0 Å². The van der Waals surface area contributed by atoms with Crippen molar-refractivity contribution < 1.29 is 4.74 Å². The standard InChI is InChI=1S/C17H32N2O/c1-12(2)17-10-14(6-7-20-17)18-11-13-8-15-4-5-16(9-13)19(15)3/h12-18H,4-11H2,1-3H3. The number of rotatable bonds is 4. The summed E-state index contributed by atoms with van der Waals surface area (Å²) in [5.74, 6) is 1.56. The van der Waals surface area contributed by atoms with Crippen molar-refractivity contribution in [1.82, 2.24) is 10.2 Å². The molecule has 0 radical (unpaired) electrons. The summed E-state index contributed by atoms with van der Waals surface area (Å²) in [6.45, 7) is 6.74. The van der Waals surface area contributed by atoms with E-state index < -0.39 is 0 Å². The second-order valence-electron chi connectivity index (χ2n) is 7.67. The first-order chi connectivity index (χ1) is 9.63. The molecule has 20 heavy (non-hydrogen) atoms. The molecule has 0 saturated carbocycles. The second-order valence-corrected chi connectivity index (χ2v) is 7.67. The highest BCUT2D eigenvalue weighted by molar-refractivity contribution is 4.94. The van der Waals surface area contributed by atoms with E-state index in [1.54, 1.807) is 0 Å². The van der Waals surface area contributed by atoms with Gasteiger partial charge in [-0.25, -0.2) is 0 Å². The summed E-state index contributed by atoms with van der Waals surface area (Å²) in [5, 5.41) is 3.86. The fourth-order valence-corrected chi connectivity index (χ4v) is 4.50. The summed E-state index contributed by atoms with van der Waals surface area (Å²) < 4.78 is 5.87. The maximum Gasteiger partial charge on any atom is 0.0612 e. The number of fused-ring (bicyclic) bond motifs is 2. The normalized spacial score (nSPS) is 42.3. The van der Waals surface area contributed by atoms with Gasteiger partial charge in [-0.1, -0.05) is 13.8 Å². The Morgan fingerprint density at radius 3 is 2.45 bits per heavy atom. The molecule has 0 aromatic heterocycles. The van der Waals surface area contributed by atoms with E-state index in [1.165, 1.54) is 45.1 Å². The van der Waals surface area contributed by atoms with Gasteiger partial charge >= 0.3 is 0 Å². The summed E-state index contributed by atoms with van der Waals surface area (Å²) in [6.07, 6.45) is 8.57. The zero-order valence-corrected chi connectivity index (χ0v) is 13.5. The highest BCUT2D eigenvalue weighted by atomic mass is 16.5. The van der Waals surface area contributed by atoms with Gasteiger partial charge in [0.25, 0.3) is 0 Å². The van der Waals surface area contributed by atoms with Gasteiger partial charge in [-0.3, -0.25) is 0 Å². The average Bonchev–Trinajstić information content (AvgIpc) is 2.67. The fourth-order valence-electron chi connectivity index (χ4n) is 4.50. The largest absolute Gasteiger partial charge is 0.378 e. The van der Waals surface area contributed by atoms with Crippen LogP contribution in [0.1, 0.15) is 52.4 Å². The lowest BCUT2D eigenvalue weighted by atomic mass is 9.90. The van der Waals surface area contributed by atoms with Crippen LogP contribution in [-0.2, 0) is 4.74 Å². The van der Waals surface area contributed by atoms with Gasteiger partial charge in [-0.2, -0.15) is 0 Å². The molecule has 3 nitrogen and oxygen atoms in total. The molecule has 0 aromatic carbocycles. The van der Waals surface area contributed by atoms with Gasteiger partial charge in [0.15, 0.2) is 0 Å². The molecule has 4 unspecified atom stereocenters. The summed E-state index contributed by atoms with van der Waals surface area (Å²) >= 11 is 0. The third kappa shape index (κ3) is 3.20. The van der Waals surface area contributed by atoms with Gasteiger partial charge in [-0.15, -0.1) is 0 Å². The lowest BCUT2D eigenvalue weighted by Crippen LogP contribution is -2.46. The van der Waals surface area contributed by atoms with Crippen LogP contribution in [0.2, 0.25) is 0 Å². The SMILES string of the molecule is CC(C)C1CC(NCC2CC3CCC(C2)N3C)CCO1. The summed E-state index contributed by atoms with van der Waals surface area (Å²) in [7, 11) is 2.33. The van der Waals surface area contributed by atoms with E-state index in [1.807, 2.05) is 0 Å². The molecule has 3 aliphatic rings. The first-order valence-electron chi connectivity index (χ1n) is 8.70. The molecule has 0 aliphatic carbocycles. The quantitative estimate of drug-likeness (QED) is 0.857. The summed E-state index contributed by atoms with van der Waals surface area (Å²) in [4.78, 5) is 2.64. The minimum absolute atomic E-state index is 0.468. The Balaban J connectivity index is 1.43. The van der Waals surface area contributed by atoms with Crippen LogP contribution in [0.25, 0.3) is 0 Å². The molecule has 0 spiro atoms. The molecule has 2 bridgehead atoms. The molecule has 4 atom stereocenters. The maximum atomic E-state index is 5.87. The number of nitrogens with zero attached hydrogens (tertiary/aromatic N) is 1. The Kier molecular flexibility index (Phi) is 4.68. The Morgan fingerprint density at radius 2 is 1.80 bits per heavy atom. The zero-order chi connectivity index (χ0) is 14.1. The van der Waals surface area contributed by atoms with Crippen molar-refractivity contribution in [1.29, 1.82) is 0 Å². The van der Waals surface area contributed by atoms with Gasteiger partial charge in [0.05, 0.1) is 6.10 Å². The van der Waals surface area contributed by atoms with Crippen molar-refractivity contribution in [3.05, 3.63) is 0 Å². The number of hydrogen-bond donors (Lipinski definition) is 1.